The number of halogens is 1. The lowest BCUT2D eigenvalue weighted by Gasteiger charge is -2.23. The van der Waals surface area contributed by atoms with Gasteiger partial charge < -0.3 is 20.1 Å². The number of benzene rings is 1. The number of carbonyl (C=O) groups is 1. The van der Waals surface area contributed by atoms with Gasteiger partial charge in [0.25, 0.3) is 5.91 Å². The molecule has 1 aliphatic rings. The number of ether oxygens (including phenoxy) is 2. The Morgan fingerprint density at radius 1 is 1.19 bits per heavy atom. The number of nitrogens with zero attached hydrogens (tertiary/aromatic N) is 3. The summed E-state index contributed by atoms with van der Waals surface area (Å²) < 4.78 is 25.6. The van der Waals surface area contributed by atoms with Crippen molar-refractivity contribution in [3.05, 3.63) is 65.4 Å². The molecule has 1 atom stereocenters. The number of amides is 1. The van der Waals surface area contributed by atoms with Gasteiger partial charge in [-0.1, -0.05) is 0 Å². The molecule has 31 heavy (non-hydrogen) atoms. The lowest BCUT2D eigenvalue weighted by molar-refractivity contribution is 0.0791. The Labute approximate surface area is 179 Å². The quantitative estimate of drug-likeness (QED) is 0.644. The Kier molecular flexibility index (Phi) is 5.46. The molecule has 3 heterocycles. The van der Waals surface area contributed by atoms with Gasteiger partial charge in [0.15, 0.2) is 11.6 Å². The highest BCUT2D eigenvalue weighted by molar-refractivity contribution is 5.95. The molecule has 0 unspecified atom stereocenters. The molecule has 2 aromatic heterocycles. The van der Waals surface area contributed by atoms with Crippen LogP contribution in [0, 0.1) is 5.82 Å². The maximum Gasteiger partial charge on any atom is 0.254 e. The number of nitrogens with two attached hydrogens (primary N) is 1. The van der Waals surface area contributed by atoms with Gasteiger partial charge >= 0.3 is 0 Å². The molecule has 0 fully saturated rings. The molecule has 0 aliphatic carbocycles. The van der Waals surface area contributed by atoms with Gasteiger partial charge in [0, 0.05) is 54.2 Å². The van der Waals surface area contributed by atoms with Crippen LogP contribution < -0.4 is 15.2 Å². The average molecular weight is 422 g/mol. The predicted molar refractivity (Wildman–Crippen MR) is 115 cm³/mol. The highest BCUT2D eigenvalue weighted by Crippen LogP contribution is 2.36. The number of rotatable bonds is 1. The number of fused-ring (bicyclic) bond motifs is 6. The summed E-state index contributed by atoms with van der Waals surface area (Å²) in [5.74, 6) is 0.430. The smallest absolute Gasteiger partial charge is 0.254 e. The molecule has 4 rings (SSSR count). The molecule has 4 bridgehead atoms. The number of methoxy groups -OCH3 is 1. The summed E-state index contributed by atoms with van der Waals surface area (Å²) in [7, 11) is 3.28. The van der Waals surface area contributed by atoms with Crippen molar-refractivity contribution in [3.8, 4) is 22.6 Å². The first kappa shape index (κ1) is 20.6. The topological polar surface area (TPSA) is 90.6 Å². The van der Waals surface area contributed by atoms with Gasteiger partial charge in [0.1, 0.15) is 17.7 Å². The van der Waals surface area contributed by atoms with E-state index in [4.69, 9.17) is 15.2 Å². The summed E-state index contributed by atoms with van der Waals surface area (Å²) >= 11 is 0. The van der Waals surface area contributed by atoms with Crippen molar-refractivity contribution in [2.45, 2.75) is 19.4 Å². The molecule has 1 aromatic carbocycles. The third kappa shape index (κ3) is 4.01. The van der Waals surface area contributed by atoms with E-state index in [1.54, 1.807) is 44.4 Å². The lowest BCUT2D eigenvalue weighted by Crippen LogP contribution is -2.30. The molecule has 2 N–H and O–H groups in total. The van der Waals surface area contributed by atoms with Gasteiger partial charge in [-0.2, -0.15) is 0 Å². The van der Waals surface area contributed by atoms with Crippen molar-refractivity contribution < 1.29 is 18.7 Å². The van der Waals surface area contributed by atoms with E-state index in [-0.39, 0.29) is 11.7 Å². The van der Waals surface area contributed by atoms with E-state index in [0.717, 1.165) is 16.8 Å². The van der Waals surface area contributed by atoms with Crippen LogP contribution in [0.4, 0.5) is 10.2 Å². The zero-order valence-corrected chi connectivity index (χ0v) is 17.6. The van der Waals surface area contributed by atoms with Gasteiger partial charge in [-0.05, 0) is 37.3 Å². The second-order valence-corrected chi connectivity index (χ2v) is 7.45. The van der Waals surface area contributed by atoms with Crippen molar-refractivity contribution >= 4 is 11.7 Å². The number of carbonyl (C=O) groups excluding carboxylic acids is 1. The number of aromatic nitrogens is 2. The van der Waals surface area contributed by atoms with E-state index in [9.17, 15) is 9.18 Å². The van der Waals surface area contributed by atoms with Crippen LogP contribution in [0.1, 0.15) is 34.6 Å². The Hall–Kier alpha value is -3.68. The van der Waals surface area contributed by atoms with Gasteiger partial charge in [0.05, 0.1) is 13.3 Å². The minimum Gasteiger partial charge on any atom is -0.494 e. The van der Waals surface area contributed by atoms with Crippen molar-refractivity contribution in [2.24, 2.45) is 0 Å². The normalized spacial score (nSPS) is 16.2. The fourth-order valence-electron chi connectivity index (χ4n) is 3.62. The number of hydrogen-bond donors (Lipinski definition) is 1. The van der Waals surface area contributed by atoms with Crippen molar-refractivity contribution in [1.82, 2.24) is 14.9 Å². The summed E-state index contributed by atoms with van der Waals surface area (Å²) in [4.78, 5) is 23.4. The van der Waals surface area contributed by atoms with Crippen molar-refractivity contribution in [2.75, 3.05) is 26.4 Å². The van der Waals surface area contributed by atoms with Gasteiger partial charge in [-0.25, -0.2) is 9.37 Å². The first-order chi connectivity index (χ1) is 14.9. The van der Waals surface area contributed by atoms with E-state index in [0.29, 0.717) is 35.6 Å². The second-order valence-electron chi connectivity index (χ2n) is 7.45. The van der Waals surface area contributed by atoms with Crippen LogP contribution in [0.5, 0.6) is 11.5 Å². The third-order valence-corrected chi connectivity index (χ3v) is 5.37. The molecule has 0 spiro atoms. The SMILES string of the molecule is COc1cnc2cc1-c1cnc(N)c(c1)O[C@H](C)c1cc(F)ccc1C(=O)N(C)CC2. The molecule has 0 radical (unpaired) electrons. The van der Waals surface area contributed by atoms with E-state index in [2.05, 4.69) is 9.97 Å². The molecule has 1 aliphatic heterocycles. The van der Waals surface area contributed by atoms with Crippen molar-refractivity contribution in [1.29, 1.82) is 0 Å². The Bertz CT molecular complexity index is 1150. The molecular formula is C23H23FN4O3. The Morgan fingerprint density at radius 3 is 2.77 bits per heavy atom. The van der Waals surface area contributed by atoms with Crippen molar-refractivity contribution in [3.63, 3.8) is 0 Å². The monoisotopic (exact) mass is 422 g/mol. The minimum absolute atomic E-state index is 0.192. The molecule has 7 nitrogen and oxygen atoms in total. The summed E-state index contributed by atoms with van der Waals surface area (Å²) in [6.07, 6.45) is 3.19. The number of nitrogen functional groups attached to an aromatic ring is 1. The van der Waals surface area contributed by atoms with E-state index in [1.807, 2.05) is 6.07 Å². The fourth-order valence-corrected chi connectivity index (χ4v) is 3.62. The Morgan fingerprint density at radius 2 is 2.00 bits per heavy atom. The zero-order valence-electron chi connectivity index (χ0n) is 17.6. The van der Waals surface area contributed by atoms with Crippen LogP contribution in [0.3, 0.4) is 0 Å². The number of pyridine rings is 2. The fraction of sp³-hybridized carbons (Fsp3) is 0.261. The highest BCUT2D eigenvalue weighted by Gasteiger charge is 2.23. The average Bonchev–Trinajstić information content (AvgIpc) is 2.77. The van der Waals surface area contributed by atoms with Gasteiger partial charge in [-0.3, -0.25) is 9.78 Å². The first-order valence-electron chi connectivity index (χ1n) is 9.87. The maximum atomic E-state index is 14.0. The molecule has 0 saturated heterocycles. The highest BCUT2D eigenvalue weighted by atomic mass is 19.1. The Balaban J connectivity index is 1.89. The van der Waals surface area contributed by atoms with Crippen LogP contribution in [0.15, 0.2) is 42.7 Å². The minimum atomic E-state index is -0.639. The van der Waals surface area contributed by atoms with E-state index >= 15 is 0 Å². The zero-order chi connectivity index (χ0) is 22.1. The van der Waals surface area contributed by atoms with E-state index in [1.165, 1.54) is 18.2 Å². The third-order valence-electron chi connectivity index (χ3n) is 5.37. The standard InChI is InChI=1S/C23H23FN4O3/c1-13-18-9-15(24)4-5-17(18)23(29)28(2)7-6-16-10-19(21(30-3)12-26-16)14-8-20(31-13)22(25)27-11-14/h4-5,8-13H,6-7H2,1-3H3,(H2,25,27)/t13-/m1/s1. The summed E-state index contributed by atoms with van der Waals surface area (Å²) in [5, 5.41) is 0. The summed E-state index contributed by atoms with van der Waals surface area (Å²) in [5.41, 5.74) is 9.19. The number of likely N-dealkylation sites (N-methyl/N-ethyl adjacent to an activating group) is 1. The predicted octanol–water partition coefficient (Wildman–Crippen LogP) is 3.64. The largest absolute Gasteiger partial charge is 0.494 e. The second kappa shape index (κ2) is 8.22. The summed E-state index contributed by atoms with van der Waals surface area (Å²) in [6, 6.07) is 7.75. The van der Waals surface area contributed by atoms with Gasteiger partial charge in [0.2, 0.25) is 0 Å². The summed E-state index contributed by atoms with van der Waals surface area (Å²) in [6.45, 7) is 2.18. The number of hydrogen-bond acceptors (Lipinski definition) is 6. The molecule has 160 valence electrons. The first-order valence-corrected chi connectivity index (χ1v) is 9.87. The molecular weight excluding hydrogens is 399 g/mol. The molecule has 8 heteroatoms. The molecule has 3 aromatic rings. The van der Waals surface area contributed by atoms with Crippen LogP contribution in [0.2, 0.25) is 0 Å². The van der Waals surface area contributed by atoms with E-state index < -0.39 is 11.9 Å². The lowest BCUT2D eigenvalue weighted by atomic mass is 10.0. The number of anilines is 1. The van der Waals surface area contributed by atoms with Gasteiger partial charge in [-0.15, -0.1) is 0 Å². The van der Waals surface area contributed by atoms with Crippen LogP contribution in [-0.4, -0.2) is 41.5 Å². The van der Waals surface area contributed by atoms with Crippen LogP contribution in [-0.2, 0) is 6.42 Å². The molecule has 1 amide bonds. The van der Waals surface area contributed by atoms with Crippen LogP contribution in [0.25, 0.3) is 11.1 Å². The molecule has 0 saturated carbocycles. The van der Waals surface area contributed by atoms with Crippen LogP contribution >= 0.6 is 0 Å². The maximum absolute atomic E-state index is 14.0.